The summed E-state index contributed by atoms with van der Waals surface area (Å²) in [6, 6.07) is 0. The van der Waals surface area contributed by atoms with E-state index in [0.717, 1.165) is 5.56 Å². The van der Waals surface area contributed by atoms with Crippen molar-refractivity contribution in [1.29, 1.82) is 0 Å². The van der Waals surface area contributed by atoms with Gasteiger partial charge in [0.25, 0.3) is 0 Å². The summed E-state index contributed by atoms with van der Waals surface area (Å²) in [7, 11) is 0. The molecule has 0 amide bonds. The fourth-order valence-electron chi connectivity index (χ4n) is 2.37. The standard InChI is InChI=1S/C12H17F2N3/c1-9-16-6-10(7-17-9)11(8-15)2-4-12(13,14)5-3-11/h6-7H,2-5,8,15H2,1H3. The maximum absolute atomic E-state index is 13.2. The first-order valence-electron chi connectivity index (χ1n) is 5.84. The molecule has 0 bridgehead atoms. The minimum atomic E-state index is -2.54. The van der Waals surface area contributed by atoms with Crippen LogP contribution in [0.3, 0.4) is 0 Å². The number of aromatic nitrogens is 2. The Morgan fingerprint density at radius 2 is 1.71 bits per heavy atom. The van der Waals surface area contributed by atoms with Crippen LogP contribution in [0, 0.1) is 6.92 Å². The van der Waals surface area contributed by atoms with Crippen molar-refractivity contribution in [2.24, 2.45) is 5.73 Å². The smallest absolute Gasteiger partial charge is 0.248 e. The Labute approximate surface area is 99.5 Å². The molecule has 3 nitrogen and oxygen atoms in total. The third-order valence-corrected chi connectivity index (χ3v) is 3.72. The van der Waals surface area contributed by atoms with E-state index in [2.05, 4.69) is 9.97 Å². The van der Waals surface area contributed by atoms with Crippen molar-refractivity contribution in [2.75, 3.05) is 6.54 Å². The highest BCUT2D eigenvalue weighted by Gasteiger charge is 2.43. The van der Waals surface area contributed by atoms with Gasteiger partial charge in [0.05, 0.1) is 0 Å². The summed E-state index contributed by atoms with van der Waals surface area (Å²) < 4.78 is 26.4. The van der Waals surface area contributed by atoms with Gasteiger partial charge in [-0.1, -0.05) is 0 Å². The lowest BCUT2D eigenvalue weighted by atomic mass is 9.69. The zero-order chi connectivity index (χ0) is 12.5. The Kier molecular flexibility index (Phi) is 3.12. The van der Waals surface area contributed by atoms with E-state index in [4.69, 9.17) is 5.73 Å². The molecular formula is C12H17F2N3. The second-order valence-corrected chi connectivity index (χ2v) is 4.86. The number of rotatable bonds is 2. The van der Waals surface area contributed by atoms with Crippen LogP contribution in [0.1, 0.15) is 37.1 Å². The molecule has 0 aliphatic heterocycles. The molecule has 1 aromatic heterocycles. The normalized spacial score (nSPS) is 22.4. The second-order valence-electron chi connectivity index (χ2n) is 4.86. The van der Waals surface area contributed by atoms with E-state index >= 15 is 0 Å². The van der Waals surface area contributed by atoms with Crippen molar-refractivity contribution in [3.8, 4) is 0 Å². The van der Waals surface area contributed by atoms with Gasteiger partial charge in [0.2, 0.25) is 5.92 Å². The van der Waals surface area contributed by atoms with Crippen molar-refractivity contribution in [1.82, 2.24) is 9.97 Å². The molecule has 2 N–H and O–H groups in total. The largest absolute Gasteiger partial charge is 0.330 e. The van der Waals surface area contributed by atoms with Gasteiger partial charge in [0.1, 0.15) is 5.82 Å². The molecule has 0 atom stereocenters. The topological polar surface area (TPSA) is 51.8 Å². The van der Waals surface area contributed by atoms with Crippen LogP contribution in [0.5, 0.6) is 0 Å². The highest BCUT2D eigenvalue weighted by atomic mass is 19.3. The summed E-state index contributed by atoms with van der Waals surface area (Å²) in [5.74, 6) is -1.86. The fourth-order valence-corrected chi connectivity index (χ4v) is 2.37. The first-order valence-corrected chi connectivity index (χ1v) is 5.84. The van der Waals surface area contributed by atoms with Crippen molar-refractivity contribution >= 4 is 0 Å². The summed E-state index contributed by atoms with van der Waals surface area (Å²) in [4.78, 5) is 8.26. The van der Waals surface area contributed by atoms with Crippen LogP contribution in [0.2, 0.25) is 0 Å². The highest BCUT2D eigenvalue weighted by molar-refractivity contribution is 5.22. The molecule has 0 unspecified atom stereocenters. The molecule has 1 saturated carbocycles. The van der Waals surface area contributed by atoms with Gasteiger partial charge >= 0.3 is 0 Å². The van der Waals surface area contributed by atoms with Crippen molar-refractivity contribution < 1.29 is 8.78 Å². The van der Waals surface area contributed by atoms with Gasteiger partial charge in [-0.3, -0.25) is 0 Å². The number of hydrogen-bond acceptors (Lipinski definition) is 3. The quantitative estimate of drug-likeness (QED) is 0.863. The molecule has 1 aliphatic rings. The molecule has 1 aromatic rings. The van der Waals surface area contributed by atoms with Crippen molar-refractivity contribution in [3.63, 3.8) is 0 Å². The number of nitrogens with zero attached hydrogens (tertiary/aromatic N) is 2. The van der Waals surface area contributed by atoms with E-state index in [9.17, 15) is 8.78 Å². The van der Waals surface area contributed by atoms with Gasteiger partial charge < -0.3 is 5.73 Å². The minimum Gasteiger partial charge on any atom is -0.330 e. The molecule has 1 fully saturated rings. The van der Waals surface area contributed by atoms with Crippen molar-refractivity contribution in [3.05, 3.63) is 23.8 Å². The van der Waals surface area contributed by atoms with E-state index in [1.165, 1.54) is 0 Å². The van der Waals surface area contributed by atoms with E-state index in [0.29, 0.717) is 25.2 Å². The molecule has 0 saturated heterocycles. The number of alkyl halides is 2. The number of aryl methyl sites for hydroxylation is 1. The van der Waals surface area contributed by atoms with E-state index < -0.39 is 5.92 Å². The molecule has 2 rings (SSSR count). The second kappa shape index (κ2) is 4.29. The lowest BCUT2D eigenvalue weighted by Gasteiger charge is -2.39. The lowest BCUT2D eigenvalue weighted by Crippen LogP contribution is -2.42. The molecule has 5 heteroatoms. The molecule has 17 heavy (non-hydrogen) atoms. The molecule has 0 radical (unpaired) electrons. The highest BCUT2D eigenvalue weighted by Crippen LogP contribution is 2.44. The molecule has 1 heterocycles. The third-order valence-electron chi connectivity index (χ3n) is 3.72. The van der Waals surface area contributed by atoms with Gasteiger partial charge in [-0.15, -0.1) is 0 Å². The Hall–Kier alpha value is -1.10. The van der Waals surface area contributed by atoms with E-state index in [-0.39, 0.29) is 18.3 Å². The molecular weight excluding hydrogens is 224 g/mol. The van der Waals surface area contributed by atoms with Crippen LogP contribution in [0.15, 0.2) is 12.4 Å². The van der Waals surface area contributed by atoms with Crippen LogP contribution >= 0.6 is 0 Å². The Morgan fingerprint density at radius 3 is 2.18 bits per heavy atom. The Bertz CT molecular complexity index is 379. The lowest BCUT2D eigenvalue weighted by molar-refractivity contribution is -0.0510. The van der Waals surface area contributed by atoms with Gasteiger partial charge in [-0.05, 0) is 25.3 Å². The maximum Gasteiger partial charge on any atom is 0.248 e. The maximum atomic E-state index is 13.2. The van der Waals surface area contributed by atoms with Crippen molar-refractivity contribution in [2.45, 2.75) is 43.9 Å². The fraction of sp³-hybridized carbons (Fsp3) is 0.667. The van der Waals surface area contributed by atoms with Crippen LogP contribution in [-0.2, 0) is 5.41 Å². The third kappa shape index (κ3) is 2.44. The molecule has 1 aliphatic carbocycles. The first kappa shape index (κ1) is 12.4. The number of hydrogen-bond donors (Lipinski definition) is 1. The van der Waals surface area contributed by atoms with Gasteiger partial charge in [0, 0.05) is 37.2 Å². The predicted molar refractivity (Wildman–Crippen MR) is 60.9 cm³/mol. The first-order chi connectivity index (χ1) is 7.97. The molecule has 0 aromatic carbocycles. The zero-order valence-electron chi connectivity index (χ0n) is 9.92. The zero-order valence-corrected chi connectivity index (χ0v) is 9.92. The van der Waals surface area contributed by atoms with Gasteiger partial charge in [-0.2, -0.15) is 0 Å². The van der Waals surface area contributed by atoms with E-state index in [1.54, 1.807) is 19.3 Å². The average molecular weight is 241 g/mol. The predicted octanol–water partition coefficient (Wildman–Crippen LogP) is 2.19. The summed E-state index contributed by atoms with van der Waals surface area (Å²) >= 11 is 0. The molecule has 0 spiro atoms. The summed E-state index contributed by atoms with van der Waals surface area (Å²) in [5.41, 5.74) is 6.32. The number of nitrogens with two attached hydrogens (primary N) is 1. The Balaban J connectivity index is 2.24. The van der Waals surface area contributed by atoms with E-state index in [1.807, 2.05) is 0 Å². The summed E-state index contributed by atoms with van der Waals surface area (Å²) in [5, 5.41) is 0. The number of halogens is 2. The van der Waals surface area contributed by atoms with Gasteiger partial charge in [0.15, 0.2) is 0 Å². The van der Waals surface area contributed by atoms with Crippen LogP contribution in [0.4, 0.5) is 8.78 Å². The Morgan fingerprint density at radius 1 is 1.18 bits per heavy atom. The summed E-state index contributed by atoms with van der Waals surface area (Å²) in [6.07, 6.45) is 4.05. The van der Waals surface area contributed by atoms with Crippen LogP contribution in [0.25, 0.3) is 0 Å². The monoisotopic (exact) mass is 241 g/mol. The minimum absolute atomic E-state index is 0.0991. The molecule has 94 valence electrons. The SMILES string of the molecule is Cc1ncc(C2(CN)CCC(F)(F)CC2)cn1. The average Bonchev–Trinajstić information content (AvgIpc) is 2.31. The van der Waals surface area contributed by atoms with Crippen LogP contribution < -0.4 is 5.73 Å². The van der Waals surface area contributed by atoms with Crippen LogP contribution in [-0.4, -0.2) is 22.4 Å². The van der Waals surface area contributed by atoms with Gasteiger partial charge in [-0.25, -0.2) is 18.7 Å². The summed E-state index contributed by atoms with van der Waals surface area (Å²) in [6.45, 7) is 2.17.